The Labute approximate surface area is 303 Å². The maximum absolute atomic E-state index is 16.0. The molecule has 3 fully saturated rings. The van der Waals surface area contributed by atoms with Crippen LogP contribution in [0.1, 0.15) is 61.4 Å². The molecule has 276 valence electrons. The van der Waals surface area contributed by atoms with E-state index in [1.807, 2.05) is 40.8 Å². The van der Waals surface area contributed by atoms with Crippen molar-refractivity contribution in [2.75, 3.05) is 52.3 Å². The lowest BCUT2D eigenvalue weighted by atomic mass is 9.87. The Bertz CT molecular complexity index is 1730. The topological polar surface area (TPSA) is 112 Å². The number of nitrogens with zero attached hydrogens (tertiary/aromatic N) is 3. The van der Waals surface area contributed by atoms with Gasteiger partial charge < -0.3 is 28.8 Å². The molecule has 1 N–H and O–H groups in total. The molecule has 1 amide bonds. The lowest BCUT2D eigenvalue weighted by Gasteiger charge is -2.48. The van der Waals surface area contributed by atoms with E-state index in [1.54, 1.807) is 27.3 Å². The molecule has 1 unspecified atom stereocenters. The number of halogens is 2. The van der Waals surface area contributed by atoms with Crippen LogP contribution in [0.15, 0.2) is 42.6 Å². The van der Waals surface area contributed by atoms with Crippen molar-refractivity contribution in [3.05, 3.63) is 64.6 Å². The van der Waals surface area contributed by atoms with Gasteiger partial charge in [0.1, 0.15) is 5.82 Å². The lowest BCUT2D eigenvalue weighted by molar-refractivity contribution is -0.254. The maximum Gasteiger partial charge on any atom is 0.308 e. The second-order valence-corrected chi connectivity index (χ2v) is 14.2. The van der Waals surface area contributed by atoms with Crippen LogP contribution < -0.4 is 5.32 Å². The Hall–Kier alpha value is -3.39. The molecule has 11 nitrogen and oxygen atoms in total. The number of nitrogens with one attached hydrogen (secondary N) is 1. The molecule has 13 heteroatoms. The summed E-state index contributed by atoms with van der Waals surface area (Å²) in [4.78, 5) is 44.8. The van der Waals surface area contributed by atoms with Crippen LogP contribution in [-0.2, 0) is 42.0 Å². The number of rotatable bonds is 13. The number of hydrogen-bond acceptors (Lipinski definition) is 9. The summed E-state index contributed by atoms with van der Waals surface area (Å²) in [7, 11) is 5.09. The minimum absolute atomic E-state index is 0.0946. The first-order chi connectivity index (χ1) is 24.6. The zero-order chi connectivity index (χ0) is 36.3. The van der Waals surface area contributed by atoms with Gasteiger partial charge in [-0.1, -0.05) is 29.8 Å². The molecule has 3 aromatic rings. The first-order valence-corrected chi connectivity index (χ1v) is 18.2. The van der Waals surface area contributed by atoms with Gasteiger partial charge in [0, 0.05) is 71.0 Å². The van der Waals surface area contributed by atoms with E-state index in [-0.39, 0.29) is 58.7 Å². The largest absolute Gasteiger partial charge is 0.466 e. The van der Waals surface area contributed by atoms with Gasteiger partial charge in [-0.3, -0.25) is 24.2 Å². The molecular weight excluding hydrogens is 679 g/mol. The van der Waals surface area contributed by atoms with Gasteiger partial charge in [-0.25, -0.2) is 4.39 Å². The SMILES string of the molecule is CCOC(=O)[C@H]1CC[C@H](OC(C(=O)Cc2cc(Cl)c(NC(=O)c3cn(C)c4ccccc34)cc2F)(N2CCCC2)N2C[C@H](OC)[C@H](OC)C2)CC1. The highest BCUT2D eigenvalue weighted by Crippen LogP contribution is 2.39. The van der Waals surface area contributed by atoms with E-state index < -0.39 is 17.6 Å². The molecule has 2 saturated heterocycles. The summed E-state index contributed by atoms with van der Waals surface area (Å²) in [5, 5.41) is 3.63. The number of hydrogen-bond donors (Lipinski definition) is 1. The van der Waals surface area contributed by atoms with E-state index in [1.165, 1.54) is 12.1 Å². The van der Waals surface area contributed by atoms with Crippen molar-refractivity contribution < 1.29 is 37.7 Å². The number of para-hydroxylation sites is 1. The van der Waals surface area contributed by atoms with Crippen LogP contribution in [0.5, 0.6) is 0 Å². The van der Waals surface area contributed by atoms with E-state index in [4.69, 9.17) is 30.5 Å². The molecule has 2 aliphatic heterocycles. The number of amides is 1. The van der Waals surface area contributed by atoms with E-state index in [0.717, 1.165) is 23.7 Å². The van der Waals surface area contributed by atoms with Crippen molar-refractivity contribution in [3.63, 3.8) is 0 Å². The molecule has 0 radical (unpaired) electrons. The number of esters is 1. The Morgan fingerprint density at radius 1 is 0.980 bits per heavy atom. The molecule has 51 heavy (non-hydrogen) atoms. The third-order valence-electron chi connectivity index (χ3n) is 10.6. The second kappa shape index (κ2) is 16.1. The fourth-order valence-electron chi connectivity index (χ4n) is 7.96. The number of fused-ring (bicyclic) bond motifs is 1. The van der Waals surface area contributed by atoms with E-state index >= 15 is 4.39 Å². The average Bonchev–Trinajstić information content (AvgIpc) is 3.89. The summed E-state index contributed by atoms with van der Waals surface area (Å²) in [6.45, 7) is 4.12. The first kappa shape index (κ1) is 37.4. The van der Waals surface area contributed by atoms with Gasteiger partial charge in [0.15, 0.2) is 5.78 Å². The number of carbonyl (C=O) groups is 3. The highest BCUT2D eigenvalue weighted by atomic mass is 35.5. The van der Waals surface area contributed by atoms with Crippen molar-refractivity contribution in [1.29, 1.82) is 0 Å². The van der Waals surface area contributed by atoms with Crippen LogP contribution in [0.2, 0.25) is 5.02 Å². The van der Waals surface area contributed by atoms with Crippen molar-refractivity contribution in [1.82, 2.24) is 14.4 Å². The van der Waals surface area contributed by atoms with E-state index in [9.17, 15) is 14.4 Å². The summed E-state index contributed by atoms with van der Waals surface area (Å²) in [6.07, 6.45) is 4.60. The van der Waals surface area contributed by atoms with Crippen LogP contribution in [0.4, 0.5) is 10.1 Å². The van der Waals surface area contributed by atoms with Crippen LogP contribution >= 0.6 is 11.6 Å². The normalized spacial score (nSPS) is 24.1. The van der Waals surface area contributed by atoms with Gasteiger partial charge in [0.25, 0.3) is 5.91 Å². The highest BCUT2D eigenvalue weighted by Gasteiger charge is 2.56. The minimum Gasteiger partial charge on any atom is -0.466 e. The number of aryl methyl sites for hydroxylation is 1. The third kappa shape index (κ3) is 7.58. The lowest BCUT2D eigenvalue weighted by Crippen LogP contribution is -2.67. The van der Waals surface area contributed by atoms with Crippen molar-refractivity contribution in [2.45, 2.75) is 76.0 Å². The minimum atomic E-state index is -1.53. The Kier molecular flexibility index (Phi) is 11.8. The quantitative estimate of drug-likeness (QED) is 0.226. The number of anilines is 1. The number of aromatic nitrogens is 1. The van der Waals surface area contributed by atoms with Gasteiger partial charge in [0.05, 0.1) is 47.1 Å². The molecular formula is C38H48ClFN4O7. The van der Waals surface area contributed by atoms with E-state index in [0.29, 0.717) is 64.0 Å². The van der Waals surface area contributed by atoms with Crippen molar-refractivity contribution in [3.8, 4) is 0 Å². The number of ether oxygens (including phenoxy) is 4. The van der Waals surface area contributed by atoms with Gasteiger partial charge in [-0.05, 0) is 69.2 Å². The Morgan fingerprint density at radius 3 is 2.29 bits per heavy atom. The average molecular weight is 727 g/mol. The molecule has 1 aromatic heterocycles. The summed E-state index contributed by atoms with van der Waals surface area (Å²) in [5.74, 6) is -3.36. The Balaban J connectivity index is 1.28. The predicted molar refractivity (Wildman–Crippen MR) is 191 cm³/mol. The van der Waals surface area contributed by atoms with Gasteiger partial charge in [-0.15, -0.1) is 0 Å². The van der Waals surface area contributed by atoms with Crippen molar-refractivity contribution in [2.24, 2.45) is 13.0 Å². The molecule has 3 heterocycles. The molecule has 0 bridgehead atoms. The predicted octanol–water partition coefficient (Wildman–Crippen LogP) is 5.57. The molecule has 3 aliphatic rings. The van der Waals surface area contributed by atoms with Crippen LogP contribution in [0.3, 0.4) is 0 Å². The molecule has 6 rings (SSSR count). The summed E-state index contributed by atoms with van der Waals surface area (Å²) >= 11 is 6.68. The van der Waals surface area contributed by atoms with Gasteiger partial charge >= 0.3 is 5.97 Å². The van der Waals surface area contributed by atoms with Crippen LogP contribution in [-0.4, -0.2) is 103 Å². The monoisotopic (exact) mass is 726 g/mol. The second-order valence-electron chi connectivity index (χ2n) is 13.7. The molecule has 0 spiro atoms. The fraction of sp³-hybridized carbons (Fsp3) is 0.553. The number of likely N-dealkylation sites (tertiary alicyclic amines) is 2. The molecule has 3 atom stereocenters. The fourth-order valence-corrected chi connectivity index (χ4v) is 8.19. The zero-order valence-electron chi connectivity index (χ0n) is 29.8. The summed E-state index contributed by atoms with van der Waals surface area (Å²) in [6, 6.07) is 10.1. The first-order valence-electron chi connectivity index (χ1n) is 17.9. The number of ketones is 1. The zero-order valence-corrected chi connectivity index (χ0v) is 30.5. The van der Waals surface area contributed by atoms with Crippen molar-refractivity contribution >= 4 is 45.9 Å². The summed E-state index contributed by atoms with van der Waals surface area (Å²) in [5.41, 5.74) is 1.52. The van der Waals surface area contributed by atoms with Gasteiger partial charge in [-0.2, -0.15) is 0 Å². The molecule has 2 aromatic carbocycles. The third-order valence-corrected chi connectivity index (χ3v) is 11.0. The number of carbonyl (C=O) groups excluding carboxylic acids is 3. The maximum atomic E-state index is 16.0. The summed E-state index contributed by atoms with van der Waals surface area (Å²) < 4.78 is 41.7. The van der Waals surface area contributed by atoms with Gasteiger partial charge in [0.2, 0.25) is 5.85 Å². The van der Waals surface area contributed by atoms with Crippen LogP contribution in [0, 0.1) is 11.7 Å². The number of methoxy groups -OCH3 is 2. The Morgan fingerprint density at radius 2 is 1.65 bits per heavy atom. The molecule has 1 aliphatic carbocycles. The molecule has 1 saturated carbocycles. The standard InChI is InChI=1S/C38H48ClFN4O7/c1-5-50-37(47)24-12-14-26(15-13-24)51-38(43-16-8-9-17-43,44-22-33(48-3)34(23-44)49-4)35(45)19-25-18-29(39)31(20-30(25)40)41-36(46)28-21-42(2)32-11-7-6-10-27(28)32/h6-7,10-11,18,20-21,24,26,33-34H,5,8-9,12-17,19,22-23H2,1-4H3,(H,41,46)/t24-,26-,33-,34+,38?. The smallest absolute Gasteiger partial charge is 0.308 e. The number of benzene rings is 2. The van der Waals surface area contributed by atoms with Crippen LogP contribution in [0.25, 0.3) is 10.9 Å². The highest BCUT2D eigenvalue weighted by molar-refractivity contribution is 6.34. The number of Topliss-reactive ketones (excluding diaryl/α,β-unsaturated/α-hetero) is 1. The van der Waals surface area contributed by atoms with E-state index in [2.05, 4.69) is 10.2 Å².